The minimum Gasteiger partial charge on any atom is -0.476 e. The van der Waals surface area contributed by atoms with Gasteiger partial charge in [-0.25, -0.2) is 9.89 Å². The first-order valence-corrected chi connectivity index (χ1v) is 6.72. The van der Waals surface area contributed by atoms with Gasteiger partial charge in [-0.05, 0) is 36.4 Å². The lowest BCUT2D eigenvalue weighted by atomic mass is 10.2. The van der Waals surface area contributed by atoms with Crippen molar-refractivity contribution in [2.75, 3.05) is 0 Å². The van der Waals surface area contributed by atoms with Crippen LogP contribution in [0.5, 0.6) is 11.6 Å². The van der Waals surface area contributed by atoms with Crippen molar-refractivity contribution in [2.24, 2.45) is 0 Å². The smallest absolute Gasteiger partial charge is 0.362 e. The van der Waals surface area contributed by atoms with Crippen molar-refractivity contribution in [1.29, 1.82) is 0 Å². The van der Waals surface area contributed by atoms with Crippen molar-refractivity contribution in [3.63, 3.8) is 0 Å². The van der Waals surface area contributed by atoms with Gasteiger partial charge >= 0.3 is 5.97 Å². The summed E-state index contributed by atoms with van der Waals surface area (Å²) in [6.07, 6.45) is 0. The van der Waals surface area contributed by atoms with E-state index in [0.29, 0.717) is 5.75 Å². The van der Waals surface area contributed by atoms with Crippen LogP contribution in [-0.4, -0.2) is 26.5 Å². The number of carboxylic acids is 1. The van der Waals surface area contributed by atoms with E-state index in [2.05, 4.69) is 27.3 Å². The molecule has 0 unspecified atom stereocenters. The first kappa shape index (κ1) is 14.4. The maximum atomic E-state index is 10.9. The Hall–Kier alpha value is -3.59. The monoisotopic (exact) mass is 305 g/mol. The molecule has 6 heteroatoms. The quantitative estimate of drug-likeness (QED) is 0.726. The molecule has 112 valence electrons. The third-order valence-electron chi connectivity index (χ3n) is 2.92. The summed E-state index contributed by atoms with van der Waals surface area (Å²) < 4.78 is 5.42. The van der Waals surface area contributed by atoms with Crippen molar-refractivity contribution in [1.82, 2.24) is 15.4 Å². The number of aromatic carboxylic acids is 1. The van der Waals surface area contributed by atoms with Gasteiger partial charge in [-0.15, -0.1) is 5.10 Å². The predicted molar refractivity (Wildman–Crippen MR) is 82.3 cm³/mol. The molecule has 2 aromatic carbocycles. The number of hydrogen-bond donors (Lipinski definition) is 2. The summed E-state index contributed by atoms with van der Waals surface area (Å²) in [5, 5.41) is 18.2. The first-order valence-electron chi connectivity index (χ1n) is 6.72. The van der Waals surface area contributed by atoms with Crippen molar-refractivity contribution >= 4 is 5.97 Å². The molecule has 0 aliphatic carbocycles. The number of aromatic amines is 1. The van der Waals surface area contributed by atoms with E-state index in [0.717, 1.165) is 11.1 Å². The topological polar surface area (TPSA) is 88.1 Å². The van der Waals surface area contributed by atoms with Gasteiger partial charge in [-0.1, -0.05) is 35.3 Å². The Morgan fingerprint density at radius 3 is 2.30 bits per heavy atom. The Morgan fingerprint density at radius 2 is 1.65 bits per heavy atom. The highest BCUT2D eigenvalue weighted by Crippen LogP contribution is 2.21. The fourth-order valence-electron chi connectivity index (χ4n) is 1.82. The summed E-state index contributed by atoms with van der Waals surface area (Å²) in [5.41, 5.74) is 1.49. The molecule has 6 nitrogen and oxygen atoms in total. The Balaban J connectivity index is 1.74. The first-order chi connectivity index (χ1) is 11.2. The van der Waals surface area contributed by atoms with Gasteiger partial charge in [0.25, 0.3) is 5.88 Å². The van der Waals surface area contributed by atoms with Gasteiger partial charge in [0.2, 0.25) is 5.69 Å². The number of carbonyl (C=O) groups is 1. The Morgan fingerprint density at radius 1 is 1.00 bits per heavy atom. The van der Waals surface area contributed by atoms with Crippen LogP contribution in [-0.2, 0) is 0 Å². The molecule has 2 N–H and O–H groups in total. The van der Waals surface area contributed by atoms with Crippen LogP contribution in [0.3, 0.4) is 0 Å². The van der Waals surface area contributed by atoms with E-state index in [-0.39, 0.29) is 11.6 Å². The molecular weight excluding hydrogens is 294 g/mol. The molecule has 1 aromatic heterocycles. The third-order valence-corrected chi connectivity index (χ3v) is 2.92. The average Bonchev–Trinajstić information content (AvgIpc) is 3.04. The van der Waals surface area contributed by atoms with Crippen LogP contribution in [0.15, 0.2) is 54.6 Å². The lowest BCUT2D eigenvalue weighted by Crippen LogP contribution is -1.99. The minimum atomic E-state index is -1.21. The van der Waals surface area contributed by atoms with E-state index >= 15 is 0 Å². The van der Waals surface area contributed by atoms with E-state index in [1.807, 2.05) is 30.3 Å². The second-order valence-corrected chi connectivity index (χ2v) is 4.54. The number of carboxylic acid groups (broad SMARTS) is 1. The molecule has 0 aliphatic heterocycles. The molecule has 0 atom stereocenters. The van der Waals surface area contributed by atoms with Crippen molar-refractivity contribution < 1.29 is 14.6 Å². The summed E-state index contributed by atoms with van der Waals surface area (Å²) in [5.74, 6) is 5.34. The number of benzene rings is 2. The number of nitrogens with one attached hydrogen (secondary N) is 1. The summed E-state index contributed by atoms with van der Waals surface area (Å²) >= 11 is 0. The van der Waals surface area contributed by atoms with Crippen molar-refractivity contribution in [3.8, 4) is 23.5 Å². The summed E-state index contributed by atoms with van der Waals surface area (Å²) in [6, 6.07) is 16.6. The molecule has 0 saturated carbocycles. The number of hydrogen-bond acceptors (Lipinski definition) is 4. The van der Waals surface area contributed by atoms with Crippen LogP contribution in [0.4, 0.5) is 0 Å². The Labute approximate surface area is 131 Å². The average molecular weight is 305 g/mol. The van der Waals surface area contributed by atoms with E-state index in [1.54, 1.807) is 24.3 Å². The molecule has 0 radical (unpaired) electrons. The number of nitrogens with zero attached hydrogens (tertiary/aromatic N) is 2. The zero-order valence-corrected chi connectivity index (χ0v) is 11.9. The number of H-pyrrole nitrogens is 1. The maximum absolute atomic E-state index is 10.9. The summed E-state index contributed by atoms with van der Waals surface area (Å²) in [4.78, 5) is 10.9. The van der Waals surface area contributed by atoms with Crippen LogP contribution in [0, 0.1) is 11.8 Å². The molecule has 0 spiro atoms. The van der Waals surface area contributed by atoms with E-state index < -0.39 is 5.97 Å². The largest absolute Gasteiger partial charge is 0.476 e. The molecule has 0 saturated heterocycles. The summed E-state index contributed by atoms with van der Waals surface area (Å²) in [6.45, 7) is 0. The van der Waals surface area contributed by atoms with Crippen molar-refractivity contribution in [2.45, 2.75) is 0 Å². The SMILES string of the molecule is O=C(O)c1nn[nH]c1Oc1ccc(C#Cc2ccccc2)cc1. The van der Waals surface area contributed by atoms with Crippen LogP contribution < -0.4 is 4.74 Å². The Kier molecular flexibility index (Phi) is 4.03. The van der Waals surface area contributed by atoms with Gasteiger partial charge in [0.1, 0.15) is 5.75 Å². The predicted octanol–water partition coefficient (Wildman–Crippen LogP) is 2.70. The fourth-order valence-corrected chi connectivity index (χ4v) is 1.82. The van der Waals surface area contributed by atoms with Gasteiger partial charge in [0, 0.05) is 11.1 Å². The fraction of sp³-hybridized carbons (Fsp3) is 0. The molecule has 3 aromatic rings. The van der Waals surface area contributed by atoms with Crippen LogP contribution >= 0.6 is 0 Å². The zero-order chi connectivity index (χ0) is 16.1. The number of aromatic nitrogens is 3. The highest BCUT2D eigenvalue weighted by atomic mass is 16.5. The zero-order valence-electron chi connectivity index (χ0n) is 11.9. The Bertz CT molecular complexity index is 875. The lowest BCUT2D eigenvalue weighted by molar-refractivity contribution is 0.0687. The molecule has 1 heterocycles. The van der Waals surface area contributed by atoms with E-state index in [9.17, 15) is 4.79 Å². The van der Waals surface area contributed by atoms with Gasteiger partial charge in [0.05, 0.1) is 0 Å². The van der Waals surface area contributed by atoms with Crippen LogP contribution in [0.25, 0.3) is 0 Å². The molecule has 3 rings (SSSR count). The number of rotatable bonds is 3. The molecule has 0 aliphatic rings. The second kappa shape index (κ2) is 6.45. The normalized spacial score (nSPS) is 9.74. The van der Waals surface area contributed by atoms with Crippen LogP contribution in [0.2, 0.25) is 0 Å². The van der Waals surface area contributed by atoms with E-state index in [1.165, 1.54) is 0 Å². The number of ether oxygens (including phenoxy) is 1. The highest BCUT2D eigenvalue weighted by molar-refractivity contribution is 5.87. The summed E-state index contributed by atoms with van der Waals surface area (Å²) in [7, 11) is 0. The van der Waals surface area contributed by atoms with Crippen LogP contribution in [0.1, 0.15) is 21.6 Å². The second-order valence-electron chi connectivity index (χ2n) is 4.54. The minimum absolute atomic E-state index is 0.0133. The van der Waals surface area contributed by atoms with Crippen molar-refractivity contribution in [3.05, 3.63) is 71.4 Å². The molecule has 23 heavy (non-hydrogen) atoms. The van der Waals surface area contributed by atoms with E-state index in [4.69, 9.17) is 9.84 Å². The molecular formula is C17H11N3O3. The van der Waals surface area contributed by atoms with Gasteiger partial charge < -0.3 is 9.84 Å². The van der Waals surface area contributed by atoms with Gasteiger partial charge in [0.15, 0.2) is 0 Å². The molecule has 0 fully saturated rings. The maximum Gasteiger partial charge on any atom is 0.362 e. The standard InChI is InChI=1S/C17H11N3O3/c21-17(22)15-16(19-20-18-15)23-14-10-8-13(9-11-14)7-6-12-4-2-1-3-5-12/h1-5,8-11H,(H,21,22)(H,18,19,20). The highest BCUT2D eigenvalue weighted by Gasteiger charge is 2.16. The molecule has 0 bridgehead atoms. The third kappa shape index (κ3) is 3.54. The van der Waals surface area contributed by atoms with Gasteiger partial charge in [-0.3, -0.25) is 0 Å². The van der Waals surface area contributed by atoms with Gasteiger partial charge in [-0.2, -0.15) is 0 Å². The lowest BCUT2D eigenvalue weighted by Gasteiger charge is -2.02. The molecule has 0 amide bonds.